The zero-order valence-corrected chi connectivity index (χ0v) is 12.4. The Hall–Kier alpha value is -0.153. The van der Waals surface area contributed by atoms with Crippen LogP contribution in [0.3, 0.4) is 0 Å². The predicted molar refractivity (Wildman–Crippen MR) is 71.5 cm³/mol. The minimum absolute atomic E-state index is 0.272. The molecular weight excluding hydrogens is 219 g/mol. The summed E-state index contributed by atoms with van der Waals surface area (Å²) in [4.78, 5) is 0. The molecule has 0 aromatic carbocycles. The van der Waals surface area contributed by atoms with Crippen LogP contribution < -0.4 is 0 Å². The Labute approximate surface area is 101 Å². The Morgan fingerprint density at radius 3 is 2.44 bits per heavy atom. The van der Waals surface area contributed by atoms with Crippen molar-refractivity contribution < 1.29 is 8.82 Å². The second-order valence-corrected chi connectivity index (χ2v) is 10.1. The van der Waals surface area contributed by atoms with Crippen molar-refractivity contribution >= 4 is 8.32 Å². The van der Waals surface area contributed by atoms with E-state index < -0.39 is 8.32 Å². The molecule has 3 heteroatoms. The molecule has 0 spiro atoms. The first-order chi connectivity index (χ1) is 7.23. The van der Waals surface area contributed by atoms with E-state index in [9.17, 15) is 4.39 Å². The Morgan fingerprint density at radius 1 is 1.44 bits per heavy atom. The molecule has 0 N–H and O–H groups in total. The Bertz CT molecular complexity index is 230. The molecule has 0 aliphatic heterocycles. The van der Waals surface area contributed by atoms with Gasteiger partial charge in [-0.05, 0) is 31.0 Å². The van der Waals surface area contributed by atoms with E-state index in [-0.39, 0.29) is 10.9 Å². The molecular formula is C13H26FOSi. The van der Waals surface area contributed by atoms with E-state index in [1.54, 1.807) is 0 Å². The van der Waals surface area contributed by atoms with Gasteiger partial charge in [0.25, 0.3) is 0 Å². The van der Waals surface area contributed by atoms with E-state index in [1.165, 1.54) is 18.9 Å². The van der Waals surface area contributed by atoms with Crippen molar-refractivity contribution in [2.24, 2.45) is 0 Å². The minimum atomic E-state index is -1.70. The fraction of sp³-hybridized carbons (Fsp3) is 0.769. The van der Waals surface area contributed by atoms with Crippen LogP contribution in [0.1, 0.15) is 40.0 Å². The van der Waals surface area contributed by atoms with Crippen molar-refractivity contribution in [3.05, 3.63) is 18.8 Å². The number of allylic oxidation sites excluding steroid dienone is 1. The van der Waals surface area contributed by atoms with Crippen LogP contribution in [0.4, 0.5) is 4.39 Å². The first-order valence-electron chi connectivity index (χ1n) is 6.04. The van der Waals surface area contributed by atoms with Gasteiger partial charge in [-0.15, -0.1) is 0 Å². The molecule has 95 valence electrons. The Morgan fingerprint density at radius 2 is 2.00 bits per heavy atom. The molecule has 1 nitrogen and oxygen atoms in total. The largest absolute Gasteiger partial charge is 0.417 e. The lowest BCUT2D eigenvalue weighted by Crippen LogP contribution is -2.42. The summed E-state index contributed by atoms with van der Waals surface area (Å²) in [6.45, 7) is 15.1. The molecule has 0 fully saturated rings. The maximum Gasteiger partial charge on any atom is 0.192 e. The quantitative estimate of drug-likeness (QED) is 0.459. The van der Waals surface area contributed by atoms with Crippen molar-refractivity contribution in [1.29, 1.82) is 0 Å². The molecule has 0 atom stereocenters. The van der Waals surface area contributed by atoms with Crippen LogP contribution in [0.5, 0.6) is 0 Å². The Kier molecular flexibility index (Phi) is 6.49. The van der Waals surface area contributed by atoms with Gasteiger partial charge >= 0.3 is 0 Å². The SMILES string of the molecule is [CH2]/C(F)=C/CCO[Si](C)(C)C(C)(C)CCC. The second kappa shape index (κ2) is 6.55. The van der Waals surface area contributed by atoms with Gasteiger partial charge in [0.05, 0.1) is 5.83 Å². The summed E-state index contributed by atoms with van der Waals surface area (Å²) < 4.78 is 18.4. The first-order valence-corrected chi connectivity index (χ1v) is 8.95. The van der Waals surface area contributed by atoms with Gasteiger partial charge < -0.3 is 4.43 Å². The second-order valence-electron chi connectivity index (χ2n) is 5.43. The highest BCUT2D eigenvalue weighted by Crippen LogP contribution is 2.41. The molecule has 0 saturated carbocycles. The fourth-order valence-corrected chi connectivity index (χ4v) is 3.52. The summed E-state index contributed by atoms with van der Waals surface area (Å²) in [5, 5.41) is 0.272. The van der Waals surface area contributed by atoms with Crippen molar-refractivity contribution in [1.82, 2.24) is 0 Å². The van der Waals surface area contributed by atoms with Crippen LogP contribution >= 0.6 is 0 Å². The van der Waals surface area contributed by atoms with Gasteiger partial charge in [0.15, 0.2) is 8.32 Å². The molecule has 0 heterocycles. The lowest BCUT2D eigenvalue weighted by Gasteiger charge is -2.39. The van der Waals surface area contributed by atoms with Crippen molar-refractivity contribution in [3.63, 3.8) is 0 Å². The third-order valence-electron chi connectivity index (χ3n) is 3.45. The zero-order chi connectivity index (χ0) is 12.8. The molecule has 0 aromatic rings. The molecule has 0 bridgehead atoms. The minimum Gasteiger partial charge on any atom is -0.417 e. The average Bonchev–Trinajstić information content (AvgIpc) is 2.12. The van der Waals surface area contributed by atoms with Gasteiger partial charge in [-0.1, -0.05) is 33.3 Å². The number of hydrogen-bond acceptors (Lipinski definition) is 1. The van der Waals surface area contributed by atoms with Gasteiger partial charge in [0, 0.05) is 13.5 Å². The van der Waals surface area contributed by atoms with Crippen LogP contribution in [0, 0.1) is 6.92 Å². The fourth-order valence-electron chi connectivity index (χ4n) is 1.65. The summed E-state index contributed by atoms with van der Waals surface area (Å²) in [5.74, 6) is -0.365. The van der Waals surface area contributed by atoms with Crippen LogP contribution in [0.15, 0.2) is 11.9 Å². The van der Waals surface area contributed by atoms with E-state index >= 15 is 0 Å². The molecule has 16 heavy (non-hydrogen) atoms. The monoisotopic (exact) mass is 245 g/mol. The van der Waals surface area contributed by atoms with E-state index in [1.807, 2.05) is 0 Å². The highest BCUT2D eigenvalue weighted by atomic mass is 28.4. The molecule has 0 saturated heterocycles. The van der Waals surface area contributed by atoms with Gasteiger partial charge in [-0.25, -0.2) is 4.39 Å². The summed E-state index contributed by atoms with van der Waals surface area (Å²) in [6.07, 6.45) is 4.47. The maximum atomic E-state index is 12.4. The predicted octanol–water partition coefficient (Wildman–Crippen LogP) is 4.87. The lowest BCUT2D eigenvalue weighted by molar-refractivity contribution is 0.286. The summed E-state index contributed by atoms with van der Waals surface area (Å²) in [7, 11) is -1.70. The third-order valence-corrected chi connectivity index (χ3v) is 7.89. The highest BCUT2D eigenvalue weighted by Gasteiger charge is 2.39. The van der Waals surface area contributed by atoms with E-state index in [0.29, 0.717) is 13.0 Å². The Balaban J connectivity index is 4.18. The molecule has 0 rings (SSSR count). The topological polar surface area (TPSA) is 9.23 Å². The van der Waals surface area contributed by atoms with Crippen molar-refractivity contribution in [3.8, 4) is 0 Å². The molecule has 0 unspecified atom stereocenters. The summed E-state index contributed by atoms with van der Waals surface area (Å²) in [5.41, 5.74) is 0. The number of rotatable bonds is 7. The molecule has 1 radical (unpaired) electrons. The summed E-state index contributed by atoms with van der Waals surface area (Å²) in [6, 6.07) is 0. The van der Waals surface area contributed by atoms with E-state index in [2.05, 4.69) is 40.8 Å². The highest BCUT2D eigenvalue weighted by molar-refractivity contribution is 6.74. The molecule has 0 aliphatic carbocycles. The van der Waals surface area contributed by atoms with Crippen molar-refractivity contribution in [2.75, 3.05) is 6.61 Å². The molecule has 0 amide bonds. The van der Waals surface area contributed by atoms with Crippen LogP contribution in [-0.2, 0) is 4.43 Å². The normalized spacial score (nSPS) is 14.3. The van der Waals surface area contributed by atoms with Crippen LogP contribution in [0.2, 0.25) is 18.1 Å². The van der Waals surface area contributed by atoms with E-state index in [4.69, 9.17) is 4.43 Å². The van der Waals surface area contributed by atoms with E-state index in [0.717, 1.165) is 0 Å². The van der Waals surface area contributed by atoms with Crippen LogP contribution in [0.25, 0.3) is 0 Å². The first kappa shape index (κ1) is 15.8. The van der Waals surface area contributed by atoms with Crippen LogP contribution in [-0.4, -0.2) is 14.9 Å². The van der Waals surface area contributed by atoms with Gasteiger partial charge in [-0.2, -0.15) is 0 Å². The smallest absolute Gasteiger partial charge is 0.192 e. The number of hydrogen-bond donors (Lipinski definition) is 0. The maximum absolute atomic E-state index is 12.4. The molecule has 0 aromatic heterocycles. The summed E-state index contributed by atoms with van der Waals surface area (Å²) >= 11 is 0. The average molecular weight is 245 g/mol. The molecule has 0 aliphatic rings. The zero-order valence-electron chi connectivity index (χ0n) is 11.4. The van der Waals surface area contributed by atoms with Gasteiger partial charge in [-0.3, -0.25) is 0 Å². The lowest BCUT2D eigenvalue weighted by atomic mass is 10.1. The standard InChI is InChI=1S/C13H26FOSi/c1-7-10-13(3,4)16(5,6)15-11-8-9-12(2)14/h9H,2,7-8,10-11H2,1,3-6H3/b12-9-. The van der Waals surface area contributed by atoms with Gasteiger partial charge in [0.2, 0.25) is 0 Å². The van der Waals surface area contributed by atoms with Crippen molar-refractivity contribution in [2.45, 2.75) is 58.2 Å². The number of halogens is 1. The third kappa shape index (κ3) is 5.26. The van der Waals surface area contributed by atoms with Gasteiger partial charge in [0.1, 0.15) is 0 Å².